The molecule has 0 aliphatic heterocycles. The van der Waals surface area contributed by atoms with Crippen molar-refractivity contribution in [1.29, 1.82) is 0 Å². The first-order chi connectivity index (χ1) is 8.50. The van der Waals surface area contributed by atoms with Gasteiger partial charge in [0.2, 0.25) is 0 Å². The summed E-state index contributed by atoms with van der Waals surface area (Å²) < 4.78 is 0.701. The van der Waals surface area contributed by atoms with Crippen LogP contribution in [0.1, 0.15) is 21.5 Å². The van der Waals surface area contributed by atoms with Crippen LogP contribution in [0.2, 0.25) is 5.02 Å². The number of phenolic OH excluding ortho intramolecular Hbond substituents is 1. The molecule has 0 spiro atoms. The van der Waals surface area contributed by atoms with Crippen LogP contribution in [0.4, 0.5) is 0 Å². The molecule has 0 bridgehead atoms. The number of para-hydroxylation sites is 1. The minimum Gasteiger partial charge on any atom is -0.506 e. The van der Waals surface area contributed by atoms with Crippen molar-refractivity contribution in [3.05, 3.63) is 62.6 Å². The summed E-state index contributed by atoms with van der Waals surface area (Å²) in [6, 6.07) is 10.2. The van der Waals surface area contributed by atoms with Gasteiger partial charge in [-0.15, -0.1) is 0 Å². The Bertz CT molecular complexity index is 623. The van der Waals surface area contributed by atoms with E-state index >= 15 is 0 Å². The molecule has 0 saturated heterocycles. The summed E-state index contributed by atoms with van der Waals surface area (Å²) >= 11 is 9.15. The molecular weight excluding hydrogens is 316 g/mol. The average Bonchev–Trinajstić information content (AvgIpc) is 2.32. The number of benzene rings is 2. The van der Waals surface area contributed by atoms with E-state index in [1.54, 1.807) is 18.2 Å². The van der Waals surface area contributed by atoms with Crippen LogP contribution >= 0.6 is 27.5 Å². The zero-order chi connectivity index (χ0) is 13.3. The molecule has 0 radical (unpaired) electrons. The van der Waals surface area contributed by atoms with Crippen molar-refractivity contribution in [2.45, 2.75) is 6.92 Å². The Morgan fingerprint density at radius 3 is 2.61 bits per heavy atom. The lowest BCUT2D eigenvalue weighted by Crippen LogP contribution is -2.03. The Balaban J connectivity index is 2.51. The van der Waals surface area contributed by atoms with Gasteiger partial charge in [-0.2, -0.15) is 0 Å². The van der Waals surface area contributed by atoms with Crippen LogP contribution in [0.5, 0.6) is 5.75 Å². The number of halogens is 2. The van der Waals surface area contributed by atoms with Crippen molar-refractivity contribution in [1.82, 2.24) is 0 Å². The average molecular weight is 326 g/mol. The van der Waals surface area contributed by atoms with Crippen LogP contribution in [0, 0.1) is 6.92 Å². The SMILES string of the molecule is Cc1ccc(C(=O)c2cccc(Cl)c2O)c(Br)c1. The second-order valence-electron chi connectivity index (χ2n) is 3.95. The smallest absolute Gasteiger partial charge is 0.197 e. The molecule has 92 valence electrons. The van der Waals surface area contributed by atoms with E-state index in [4.69, 9.17) is 11.6 Å². The van der Waals surface area contributed by atoms with Gasteiger partial charge in [0.15, 0.2) is 5.78 Å². The van der Waals surface area contributed by atoms with Gasteiger partial charge in [0.25, 0.3) is 0 Å². The zero-order valence-corrected chi connectivity index (χ0v) is 11.9. The quantitative estimate of drug-likeness (QED) is 0.834. The van der Waals surface area contributed by atoms with Crippen LogP contribution in [0.3, 0.4) is 0 Å². The molecule has 0 aliphatic rings. The summed E-state index contributed by atoms with van der Waals surface area (Å²) in [4.78, 5) is 12.3. The summed E-state index contributed by atoms with van der Waals surface area (Å²) in [5.41, 5.74) is 1.75. The van der Waals surface area contributed by atoms with Crippen LogP contribution < -0.4 is 0 Å². The molecule has 0 saturated carbocycles. The molecule has 4 heteroatoms. The lowest BCUT2D eigenvalue weighted by molar-refractivity contribution is 0.103. The predicted molar refractivity (Wildman–Crippen MR) is 75.4 cm³/mol. The Morgan fingerprint density at radius 2 is 1.94 bits per heavy atom. The molecule has 0 unspecified atom stereocenters. The highest BCUT2D eigenvalue weighted by Crippen LogP contribution is 2.30. The van der Waals surface area contributed by atoms with E-state index in [0.717, 1.165) is 5.56 Å². The van der Waals surface area contributed by atoms with Gasteiger partial charge in [-0.3, -0.25) is 4.79 Å². The Hall–Kier alpha value is -1.32. The number of aryl methyl sites for hydroxylation is 1. The van der Waals surface area contributed by atoms with E-state index < -0.39 is 0 Å². The lowest BCUT2D eigenvalue weighted by atomic mass is 10.0. The molecular formula is C14H10BrClO2. The molecule has 0 atom stereocenters. The van der Waals surface area contributed by atoms with Gasteiger partial charge in [0.05, 0.1) is 10.6 Å². The van der Waals surface area contributed by atoms with Gasteiger partial charge in [-0.05, 0) is 36.8 Å². The first-order valence-electron chi connectivity index (χ1n) is 5.29. The van der Waals surface area contributed by atoms with Crippen molar-refractivity contribution in [2.24, 2.45) is 0 Å². The van der Waals surface area contributed by atoms with Crippen molar-refractivity contribution in [3.8, 4) is 5.75 Å². The van der Waals surface area contributed by atoms with Crippen molar-refractivity contribution < 1.29 is 9.90 Å². The first kappa shape index (κ1) is 13.1. The molecule has 0 aliphatic carbocycles. The second-order valence-corrected chi connectivity index (χ2v) is 5.21. The normalized spacial score (nSPS) is 10.4. The maximum absolute atomic E-state index is 12.3. The zero-order valence-electron chi connectivity index (χ0n) is 9.58. The largest absolute Gasteiger partial charge is 0.506 e. The molecule has 0 heterocycles. The maximum Gasteiger partial charge on any atom is 0.197 e. The summed E-state index contributed by atoms with van der Waals surface area (Å²) in [6.45, 7) is 1.94. The Morgan fingerprint density at radius 1 is 1.22 bits per heavy atom. The van der Waals surface area contributed by atoms with Gasteiger partial charge in [-0.25, -0.2) is 0 Å². The number of phenols is 1. The van der Waals surface area contributed by atoms with E-state index in [1.165, 1.54) is 6.07 Å². The monoisotopic (exact) mass is 324 g/mol. The third-order valence-electron chi connectivity index (χ3n) is 2.60. The minimum absolute atomic E-state index is 0.170. The number of rotatable bonds is 2. The summed E-state index contributed by atoms with van der Waals surface area (Å²) in [6.07, 6.45) is 0. The molecule has 2 nitrogen and oxygen atoms in total. The van der Waals surface area contributed by atoms with Crippen LogP contribution in [0.15, 0.2) is 40.9 Å². The third-order valence-corrected chi connectivity index (χ3v) is 3.56. The number of carbonyl (C=O) groups excluding carboxylic acids is 1. The molecule has 0 fully saturated rings. The second kappa shape index (κ2) is 5.12. The standard InChI is InChI=1S/C14H10BrClO2/c1-8-5-6-9(11(15)7-8)13(17)10-3-2-4-12(16)14(10)18/h2-7,18H,1H3. The predicted octanol–water partition coefficient (Wildman–Crippen LogP) is 4.35. The highest BCUT2D eigenvalue weighted by molar-refractivity contribution is 9.10. The highest BCUT2D eigenvalue weighted by atomic mass is 79.9. The van der Waals surface area contributed by atoms with E-state index in [9.17, 15) is 9.90 Å². The van der Waals surface area contributed by atoms with E-state index in [2.05, 4.69) is 15.9 Å². The fraction of sp³-hybridized carbons (Fsp3) is 0.0714. The van der Waals surface area contributed by atoms with E-state index in [-0.39, 0.29) is 22.1 Å². The molecule has 1 N–H and O–H groups in total. The Kier molecular flexibility index (Phi) is 3.73. The van der Waals surface area contributed by atoms with Crippen molar-refractivity contribution in [2.75, 3.05) is 0 Å². The van der Waals surface area contributed by atoms with Crippen LogP contribution in [-0.2, 0) is 0 Å². The number of aromatic hydroxyl groups is 1. The first-order valence-corrected chi connectivity index (χ1v) is 6.46. The molecule has 2 rings (SSSR count). The highest BCUT2D eigenvalue weighted by Gasteiger charge is 2.17. The summed E-state index contributed by atoms with van der Waals surface area (Å²) in [5.74, 6) is -0.446. The molecule has 2 aromatic carbocycles. The molecule has 2 aromatic rings. The molecule has 0 aromatic heterocycles. The summed E-state index contributed by atoms with van der Waals surface area (Å²) in [7, 11) is 0. The number of hydrogen-bond acceptors (Lipinski definition) is 2. The lowest BCUT2D eigenvalue weighted by Gasteiger charge is -2.07. The van der Waals surface area contributed by atoms with Gasteiger partial charge in [0, 0.05) is 10.0 Å². The molecule has 18 heavy (non-hydrogen) atoms. The van der Waals surface area contributed by atoms with E-state index in [1.807, 2.05) is 19.1 Å². The van der Waals surface area contributed by atoms with Crippen molar-refractivity contribution >= 4 is 33.3 Å². The molecule has 0 amide bonds. The summed E-state index contributed by atoms with van der Waals surface area (Å²) in [5, 5.41) is 9.98. The number of carbonyl (C=O) groups is 1. The fourth-order valence-electron chi connectivity index (χ4n) is 1.65. The minimum atomic E-state index is -0.262. The Labute approximate surface area is 118 Å². The third kappa shape index (κ3) is 2.42. The maximum atomic E-state index is 12.3. The topological polar surface area (TPSA) is 37.3 Å². The van der Waals surface area contributed by atoms with Gasteiger partial charge in [-0.1, -0.05) is 39.7 Å². The van der Waals surface area contributed by atoms with Crippen LogP contribution in [0.25, 0.3) is 0 Å². The fourth-order valence-corrected chi connectivity index (χ4v) is 2.50. The number of hydrogen-bond donors (Lipinski definition) is 1. The van der Waals surface area contributed by atoms with Crippen molar-refractivity contribution in [3.63, 3.8) is 0 Å². The van der Waals surface area contributed by atoms with E-state index in [0.29, 0.717) is 10.0 Å². The number of ketones is 1. The van der Waals surface area contributed by atoms with Gasteiger partial charge < -0.3 is 5.11 Å². The van der Waals surface area contributed by atoms with Gasteiger partial charge >= 0.3 is 0 Å². The van der Waals surface area contributed by atoms with Gasteiger partial charge in [0.1, 0.15) is 5.75 Å². The van der Waals surface area contributed by atoms with Crippen LogP contribution in [-0.4, -0.2) is 10.9 Å².